The van der Waals surface area contributed by atoms with E-state index in [1.165, 1.54) is 6.20 Å². The lowest BCUT2D eigenvalue weighted by Crippen LogP contribution is -2.32. The molecule has 0 aromatic carbocycles. The first kappa shape index (κ1) is 14.4. The van der Waals surface area contributed by atoms with Crippen molar-refractivity contribution in [1.29, 1.82) is 0 Å². The topological polar surface area (TPSA) is 70.2 Å². The number of aromatic nitrogens is 2. The zero-order chi connectivity index (χ0) is 13.4. The van der Waals surface area contributed by atoms with Gasteiger partial charge >= 0.3 is 0 Å². The molecule has 0 bridgehead atoms. The molecule has 1 amide bonds. The number of carbonyl (C=O) groups excluding carboxylic acids is 1. The minimum absolute atomic E-state index is 0.190. The highest BCUT2D eigenvalue weighted by atomic mass is 16.1. The highest BCUT2D eigenvalue weighted by molar-refractivity contribution is 5.92. The van der Waals surface area contributed by atoms with Gasteiger partial charge in [0.15, 0.2) is 0 Å². The molecule has 100 valence electrons. The second-order valence-electron chi connectivity index (χ2n) is 4.28. The van der Waals surface area contributed by atoms with Crippen LogP contribution in [0.5, 0.6) is 0 Å². The third-order valence-electron chi connectivity index (χ3n) is 2.27. The lowest BCUT2D eigenvalue weighted by molar-refractivity contribution is 0.0946. The maximum absolute atomic E-state index is 11.8. The Morgan fingerprint density at radius 1 is 1.33 bits per heavy atom. The normalized spacial score (nSPS) is 10.4. The third kappa shape index (κ3) is 5.09. The van der Waals surface area contributed by atoms with Gasteiger partial charge in [-0.2, -0.15) is 0 Å². The Hall–Kier alpha value is -1.69. The smallest absolute Gasteiger partial charge is 0.271 e. The lowest BCUT2D eigenvalue weighted by atomic mass is 10.4. The van der Waals surface area contributed by atoms with Crippen LogP contribution in [0, 0.1) is 0 Å². The number of rotatable bonds is 7. The number of hydrogen-bond acceptors (Lipinski definition) is 5. The van der Waals surface area contributed by atoms with E-state index in [0.717, 1.165) is 19.5 Å². The molecule has 0 aliphatic heterocycles. The molecule has 0 unspecified atom stereocenters. The first-order chi connectivity index (χ1) is 8.63. The molecule has 1 heterocycles. The second-order valence-corrected chi connectivity index (χ2v) is 4.28. The van der Waals surface area contributed by atoms with E-state index in [1.54, 1.807) is 6.20 Å². The van der Waals surface area contributed by atoms with Gasteiger partial charge in [0.05, 0.1) is 12.4 Å². The summed E-state index contributed by atoms with van der Waals surface area (Å²) >= 11 is 0. The summed E-state index contributed by atoms with van der Waals surface area (Å²) in [7, 11) is 3.92. The van der Waals surface area contributed by atoms with Crippen molar-refractivity contribution in [2.24, 2.45) is 0 Å². The number of nitrogens with one attached hydrogen (secondary N) is 2. The summed E-state index contributed by atoms with van der Waals surface area (Å²) in [4.78, 5) is 22.0. The Morgan fingerprint density at radius 3 is 2.78 bits per heavy atom. The van der Waals surface area contributed by atoms with Crippen molar-refractivity contribution >= 4 is 11.7 Å². The molecule has 0 aliphatic rings. The van der Waals surface area contributed by atoms with E-state index >= 15 is 0 Å². The first-order valence-corrected chi connectivity index (χ1v) is 6.12. The Labute approximate surface area is 108 Å². The van der Waals surface area contributed by atoms with E-state index in [1.807, 2.05) is 19.0 Å². The molecule has 6 heteroatoms. The Bertz CT molecular complexity index is 380. The quantitative estimate of drug-likeness (QED) is 0.742. The first-order valence-electron chi connectivity index (χ1n) is 6.12. The zero-order valence-corrected chi connectivity index (χ0v) is 11.2. The molecule has 1 aromatic heterocycles. The van der Waals surface area contributed by atoms with Crippen LogP contribution in [0.4, 0.5) is 5.82 Å². The lowest BCUT2D eigenvalue weighted by Gasteiger charge is -2.10. The SMILES string of the molecule is CCCNc1cncc(C(=O)NCCN(C)C)n1. The fraction of sp³-hybridized carbons (Fsp3) is 0.583. The fourth-order valence-electron chi connectivity index (χ4n) is 1.30. The predicted octanol–water partition coefficient (Wildman–Crippen LogP) is 0.590. The van der Waals surface area contributed by atoms with Crippen molar-refractivity contribution in [1.82, 2.24) is 20.2 Å². The molecule has 18 heavy (non-hydrogen) atoms. The summed E-state index contributed by atoms with van der Waals surface area (Å²) in [5.41, 5.74) is 0.342. The number of carbonyl (C=O) groups is 1. The van der Waals surface area contributed by atoms with Crippen molar-refractivity contribution in [2.75, 3.05) is 39.0 Å². The molecule has 1 rings (SSSR count). The Kier molecular flexibility index (Phi) is 6.07. The maximum Gasteiger partial charge on any atom is 0.271 e. The van der Waals surface area contributed by atoms with Crippen molar-refractivity contribution in [2.45, 2.75) is 13.3 Å². The van der Waals surface area contributed by atoms with Crippen molar-refractivity contribution in [3.63, 3.8) is 0 Å². The zero-order valence-electron chi connectivity index (χ0n) is 11.2. The van der Waals surface area contributed by atoms with E-state index in [9.17, 15) is 4.79 Å². The van der Waals surface area contributed by atoms with Gasteiger partial charge in [0.2, 0.25) is 0 Å². The van der Waals surface area contributed by atoms with Crippen molar-refractivity contribution < 1.29 is 4.79 Å². The molecule has 0 aliphatic carbocycles. The number of hydrogen-bond donors (Lipinski definition) is 2. The molecular formula is C12H21N5O. The summed E-state index contributed by atoms with van der Waals surface area (Å²) in [5.74, 6) is 0.446. The standard InChI is InChI=1S/C12H21N5O/c1-4-5-14-11-9-13-8-10(16-11)12(18)15-6-7-17(2)3/h8-9H,4-7H2,1-3H3,(H,14,16)(H,15,18). The summed E-state index contributed by atoms with van der Waals surface area (Å²) in [6, 6.07) is 0. The molecule has 0 spiro atoms. The van der Waals surface area contributed by atoms with E-state index in [2.05, 4.69) is 27.5 Å². The monoisotopic (exact) mass is 251 g/mol. The molecule has 0 fully saturated rings. The molecular weight excluding hydrogens is 230 g/mol. The van der Waals surface area contributed by atoms with Crippen LogP contribution < -0.4 is 10.6 Å². The van der Waals surface area contributed by atoms with Crippen LogP contribution >= 0.6 is 0 Å². The van der Waals surface area contributed by atoms with Crippen LogP contribution in [-0.4, -0.2) is 54.5 Å². The van der Waals surface area contributed by atoms with Crippen LogP contribution in [0.1, 0.15) is 23.8 Å². The number of nitrogens with zero attached hydrogens (tertiary/aromatic N) is 3. The average molecular weight is 251 g/mol. The molecule has 0 saturated carbocycles. The molecule has 0 saturated heterocycles. The largest absolute Gasteiger partial charge is 0.369 e. The van der Waals surface area contributed by atoms with Gasteiger partial charge in [0, 0.05) is 19.6 Å². The Morgan fingerprint density at radius 2 is 2.11 bits per heavy atom. The van der Waals surface area contributed by atoms with Crippen LogP contribution in [0.3, 0.4) is 0 Å². The van der Waals surface area contributed by atoms with Gasteiger partial charge in [-0.05, 0) is 20.5 Å². The van der Waals surface area contributed by atoms with Crippen LogP contribution in [0.2, 0.25) is 0 Å². The summed E-state index contributed by atoms with van der Waals surface area (Å²) < 4.78 is 0. The molecule has 0 atom stereocenters. The highest BCUT2D eigenvalue weighted by Gasteiger charge is 2.08. The van der Waals surface area contributed by atoms with Gasteiger partial charge in [-0.15, -0.1) is 0 Å². The summed E-state index contributed by atoms with van der Waals surface area (Å²) in [6.07, 6.45) is 4.09. The Balaban J connectivity index is 2.51. The van der Waals surface area contributed by atoms with Gasteiger partial charge in [-0.3, -0.25) is 9.78 Å². The fourth-order valence-corrected chi connectivity index (χ4v) is 1.30. The van der Waals surface area contributed by atoms with Gasteiger partial charge < -0.3 is 15.5 Å². The highest BCUT2D eigenvalue weighted by Crippen LogP contribution is 2.02. The minimum atomic E-state index is -0.190. The molecule has 0 radical (unpaired) electrons. The van der Waals surface area contributed by atoms with Gasteiger partial charge in [0.1, 0.15) is 11.5 Å². The van der Waals surface area contributed by atoms with Crippen molar-refractivity contribution in [3.8, 4) is 0 Å². The maximum atomic E-state index is 11.8. The van der Waals surface area contributed by atoms with Gasteiger partial charge in [-0.1, -0.05) is 6.92 Å². The van der Waals surface area contributed by atoms with Crippen LogP contribution in [0.25, 0.3) is 0 Å². The third-order valence-corrected chi connectivity index (χ3v) is 2.27. The van der Waals surface area contributed by atoms with E-state index < -0.39 is 0 Å². The van der Waals surface area contributed by atoms with Gasteiger partial charge in [-0.25, -0.2) is 4.98 Å². The molecule has 1 aromatic rings. The average Bonchev–Trinajstić information content (AvgIpc) is 2.36. The summed E-state index contributed by atoms with van der Waals surface area (Å²) in [5, 5.41) is 5.90. The van der Waals surface area contributed by atoms with Gasteiger partial charge in [0.25, 0.3) is 5.91 Å². The van der Waals surface area contributed by atoms with Crippen LogP contribution in [0.15, 0.2) is 12.4 Å². The molecule has 2 N–H and O–H groups in total. The van der Waals surface area contributed by atoms with Crippen molar-refractivity contribution in [3.05, 3.63) is 18.1 Å². The summed E-state index contributed by atoms with van der Waals surface area (Å²) in [6.45, 7) is 4.28. The number of amides is 1. The van der Waals surface area contributed by atoms with Crippen LogP contribution in [-0.2, 0) is 0 Å². The van der Waals surface area contributed by atoms with E-state index in [0.29, 0.717) is 18.1 Å². The molecule has 6 nitrogen and oxygen atoms in total. The van der Waals surface area contributed by atoms with E-state index in [-0.39, 0.29) is 5.91 Å². The number of anilines is 1. The van der Waals surface area contributed by atoms with E-state index in [4.69, 9.17) is 0 Å². The predicted molar refractivity (Wildman–Crippen MR) is 71.7 cm³/mol. The second kappa shape index (κ2) is 7.60. The minimum Gasteiger partial charge on any atom is -0.369 e. The number of likely N-dealkylation sites (N-methyl/N-ethyl adjacent to an activating group) is 1.